The van der Waals surface area contributed by atoms with Gasteiger partial charge in [-0.25, -0.2) is 4.79 Å². The summed E-state index contributed by atoms with van der Waals surface area (Å²) in [5.41, 5.74) is 5.04. The molecule has 3 aromatic carbocycles. The molecule has 0 atom stereocenters. The van der Waals surface area contributed by atoms with Gasteiger partial charge in [-0.2, -0.15) is 5.26 Å². The zero-order chi connectivity index (χ0) is 19.5. The highest BCUT2D eigenvalue weighted by molar-refractivity contribution is 6.00. The van der Waals surface area contributed by atoms with Gasteiger partial charge in [-0.15, -0.1) is 0 Å². The second-order valence-corrected chi connectivity index (χ2v) is 6.36. The van der Waals surface area contributed by atoms with E-state index in [4.69, 9.17) is 4.74 Å². The smallest absolute Gasteiger partial charge is 0.338 e. The van der Waals surface area contributed by atoms with Crippen molar-refractivity contribution in [1.82, 2.24) is 4.57 Å². The Morgan fingerprint density at radius 3 is 2.43 bits per heavy atom. The lowest BCUT2D eigenvalue weighted by molar-refractivity contribution is 0.0526. The van der Waals surface area contributed by atoms with Gasteiger partial charge < -0.3 is 9.30 Å². The lowest BCUT2D eigenvalue weighted by Gasteiger charge is -2.08. The molecule has 4 heteroatoms. The number of hydrogen-bond donors (Lipinski definition) is 0. The number of carbonyl (C=O) groups excluding carboxylic acids is 1. The third kappa shape index (κ3) is 3.04. The average Bonchev–Trinajstić information content (AvgIpc) is 3.13. The van der Waals surface area contributed by atoms with Gasteiger partial charge in [0, 0.05) is 17.3 Å². The highest BCUT2D eigenvalue weighted by Crippen LogP contribution is 2.33. The molecule has 0 spiro atoms. The Balaban J connectivity index is 1.86. The molecule has 0 unspecified atom stereocenters. The molecule has 0 bridgehead atoms. The quantitative estimate of drug-likeness (QED) is 0.458. The van der Waals surface area contributed by atoms with Crippen LogP contribution in [0.3, 0.4) is 0 Å². The monoisotopic (exact) mass is 366 g/mol. The molecule has 0 amide bonds. The van der Waals surface area contributed by atoms with Crippen LogP contribution in [0, 0.1) is 11.3 Å². The third-order valence-corrected chi connectivity index (χ3v) is 4.69. The van der Waals surface area contributed by atoms with Gasteiger partial charge in [0.1, 0.15) is 6.07 Å². The summed E-state index contributed by atoms with van der Waals surface area (Å²) < 4.78 is 7.02. The number of nitriles is 1. The van der Waals surface area contributed by atoms with E-state index >= 15 is 0 Å². The topological polar surface area (TPSA) is 55.0 Å². The van der Waals surface area contributed by atoms with Crippen molar-refractivity contribution in [1.29, 1.82) is 5.26 Å². The van der Waals surface area contributed by atoms with Crippen molar-refractivity contribution in [2.45, 2.75) is 6.92 Å². The fourth-order valence-corrected chi connectivity index (χ4v) is 3.42. The van der Waals surface area contributed by atoms with Crippen LogP contribution in [0.25, 0.3) is 27.7 Å². The number of benzene rings is 3. The molecule has 0 aliphatic carbocycles. The molecule has 0 saturated heterocycles. The largest absolute Gasteiger partial charge is 0.462 e. The number of carbonyl (C=O) groups is 1. The SMILES string of the molecule is CCOC(=O)c1ccc(-n2cc(C#N)c3c(-c4ccccc4)cccc32)cc1. The summed E-state index contributed by atoms with van der Waals surface area (Å²) in [5.74, 6) is -0.338. The predicted molar refractivity (Wildman–Crippen MR) is 109 cm³/mol. The van der Waals surface area contributed by atoms with Crippen molar-refractivity contribution in [2.75, 3.05) is 6.61 Å². The second-order valence-electron chi connectivity index (χ2n) is 6.36. The molecule has 4 nitrogen and oxygen atoms in total. The Bertz CT molecular complexity index is 1180. The van der Waals surface area contributed by atoms with Gasteiger partial charge in [-0.05, 0) is 48.4 Å². The first-order valence-corrected chi connectivity index (χ1v) is 9.10. The minimum Gasteiger partial charge on any atom is -0.462 e. The van der Waals surface area contributed by atoms with E-state index in [0.29, 0.717) is 17.7 Å². The van der Waals surface area contributed by atoms with Crippen LogP contribution in [0.2, 0.25) is 0 Å². The van der Waals surface area contributed by atoms with Crippen LogP contribution in [-0.4, -0.2) is 17.1 Å². The van der Waals surface area contributed by atoms with E-state index in [1.807, 2.05) is 71.4 Å². The van der Waals surface area contributed by atoms with Crippen LogP contribution in [0.5, 0.6) is 0 Å². The minimum absolute atomic E-state index is 0.338. The first-order valence-electron chi connectivity index (χ1n) is 9.10. The highest BCUT2D eigenvalue weighted by Gasteiger charge is 2.15. The molecule has 28 heavy (non-hydrogen) atoms. The van der Waals surface area contributed by atoms with Gasteiger partial charge in [-0.3, -0.25) is 0 Å². The Morgan fingerprint density at radius 2 is 1.75 bits per heavy atom. The van der Waals surface area contributed by atoms with Crippen molar-refractivity contribution >= 4 is 16.9 Å². The summed E-state index contributed by atoms with van der Waals surface area (Å²) in [4.78, 5) is 11.9. The number of aromatic nitrogens is 1. The van der Waals surface area contributed by atoms with E-state index in [9.17, 15) is 10.1 Å². The summed E-state index contributed by atoms with van der Waals surface area (Å²) in [6.45, 7) is 2.13. The van der Waals surface area contributed by atoms with Crippen LogP contribution in [-0.2, 0) is 4.74 Å². The second kappa shape index (κ2) is 7.42. The van der Waals surface area contributed by atoms with Crippen LogP contribution in [0.4, 0.5) is 0 Å². The van der Waals surface area contributed by atoms with Gasteiger partial charge in [0.25, 0.3) is 0 Å². The van der Waals surface area contributed by atoms with Crippen molar-refractivity contribution in [3.8, 4) is 22.9 Å². The third-order valence-electron chi connectivity index (χ3n) is 4.69. The fraction of sp³-hybridized carbons (Fsp3) is 0.0833. The Morgan fingerprint density at radius 1 is 1.00 bits per heavy atom. The predicted octanol–water partition coefficient (Wildman–Crippen LogP) is 5.35. The summed E-state index contributed by atoms with van der Waals surface area (Å²) in [5, 5.41) is 10.6. The molecule has 4 aromatic rings. The maximum absolute atomic E-state index is 11.9. The molecule has 0 fully saturated rings. The molecule has 0 saturated carbocycles. The van der Waals surface area contributed by atoms with Crippen molar-refractivity contribution < 1.29 is 9.53 Å². The summed E-state index contributed by atoms with van der Waals surface area (Å²) in [6, 6.07) is 25.6. The van der Waals surface area contributed by atoms with Gasteiger partial charge in [-0.1, -0.05) is 42.5 Å². The first-order chi connectivity index (χ1) is 13.7. The Hall–Kier alpha value is -3.84. The number of hydrogen-bond acceptors (Lipinski definition) is 3. The number of esters is 1. The van der Waals surface area contributed by atoms with E-state index < -0.39 is 0 Å². The normalized spacial score (nSPS) is 10.6. The van der Waals surface area contributed by atoms with Crippen molar-refractivity contribution in [3.05, 3.63) is 90.1 Å². The lowest BCUT2D eigenvalue weighted by Crippen LogP contribution is -2.04. The van der Waals surface area contributed by atoms with E-state index in [0.717, 1.165) is 27.7 Å². The maximum atomic E-state index is 11.9. The van der Waals surface area contributed by atoms with Crippen LogP contribution >= 0.6 is 0 Å². The number of ether oxygens (including phenoxy) is 1. The summed E-state index contributed by atoms with van der Waals surface area (Å²) in [6.07, 6.45) is 1.84. The molecule has 136 valence electrons. The standard InChI is InChI=1S/C24H18N2O2/c1-2-28-24(27)18-11-13-20(14-12-18)26-16-19(15-25)23-21(9-6-10-22(23)26)17-7-4-3-5-8-17/h3-14,16H,2H2,1H3. The summed E-state index contributed by atoms with van der Waals surface area (Å²) >= 11 is 0. The molecule has 0 aliphatic rings. The minimum atomic E-state index is -0.338. The first kappa shape index (κ1) is 17.6. The molecular weight excluding hydrogens is 348 g/mol. The van der Waals surface area contributed by atoms with E-state index in [1.54, 1.807) is 19.1 Å². The fourth-order valence-electron chi connectivity index (χ4n) is 3.42. The molecule has 0 radical (unpaired) electrons. The van der Waals surface area contributed by atoms with Gasteiger partial charge >= 0.3 is 5.97 Å². The number of nitrogens with zero attached hydrogens (tertiary/aromatic N) is 2. The molecule has 1 aromatic heterocycles. The van der Waals surface area contributed by atoms with Crippen LogP contribution < -0.4 is 0 Å². The Labute approximate surface area is 163 Å². The van der Waals surface area contributed by atoms with Gasteiger partial charge in [0.05, 0.1) is 23.3 Å². The molecule has 4 rings (SSSR count). The highest BCUT2D eigenvalue weighted by atomic mass is 16.5. The molecule has 0 N–H and O–H groups in total. The van der Waals surface area contributed by atoms with Crippen LogP contribution in [0.15, 0.2) is 79.0 Å². The molecule has 1 heterocycles. The van der Waals surface area contributed by atoms with Crippen LogP contribution in [0.1, 0.15) is 22.8 Å². The van der Waals surface area contributed by atoms with Gasteiger partial charge in [0.2, 0.25) is 0 Å². The zero-order valence-corrected chi connectivity index (χ0v) is 15.4. The van der Waals surface area contributed by atoms with Crippen molar-refractivity contribution in [3.63, 3.8) is 0 Å². The summed E-state index contributed by atoms with van der Waals surface area (Å²) in [7, 11) is 0. The van der Waals surface area contributed by atoms with E-state index in [2.05, 4.69) is 6.07 Å². The lowest BCUT2D eigenvalue weighted by atomic mass is 9.99. The average molecular weight is 366 g/mol. The van der Waals surface area contributed by atoms with E-state index in [-0.39, 0.29) is 5.97 Å². The number of rotatable bonds is 4. The number of fused-ring (bicyclic) bond motifs is 1. The zero-order valence-electron chi connectivity index (χ0n) is 15.4. The maximum Gasteiger partial charge on any atom is 0.338 e. The van der Waals surface area contributed by atoms with Gasteiger partial charge in [0.15, 0.2) is 0 Å². The Kier molecular flexibility index (Phi) is 4.65. The molecular formula is C24H18N2O2. The molecule has 0 aliphatic heterocycles. The van der Waals surface area contributed by atoms with E-state index in [1.165, 1.54) is 0 Å². The van der Waals surface area contributed by atoms with Crippen molar-refractivity contribution in [2.24, 2.45) is 0 Å².